The number of hydrogen-bond acceptors (Lipinski definition) is 10. The normalized spacial score (nSPS) is 15.6. The molecule has 11 nitrogen and oxygen atoms in total. The molecule has 0 atom stereocenters. The second-order valence-corrected chi connectivity index (χ2v) is 11.9. The standard InChI is InChI=1S/C25H31N7O4S/c1-16(2)32-7-5-31(6-8-32)14-23-29-30-25(36-23)20-10-17(11-22-21(20)13-27-28-22)18-9-19(15-37(4,33)34)24(35-3)26-12-18/h9-13,16H,5-8,14-15H2,1-4H3,(H,27,28). The third-order valence-corrected chi connectivity index (χ3v) is 7.46. The maximum Gasteiger partial charge on any atom is 0.248 e. The molecule has 5 rings (SSSR count). The number of fused-ring (bicyclic) bond motifs is 1. The predicted molar refractivity (Wildman–Crippen MR) is 140 cm³/mol. The second-order valence-electron chi connectivity index (χ2n) is 9.72. The van der Waals surface area contributed by atoms with E-state index in [0.717, 1.165) is 53.8 Å². The minimum Gasteiger partial charge on any atom is -0.481 e. The largest absolute Gasteiger partial charge is 0.481 e. The number of H-pyrrole nitrogens is 1. The lowest BCUT2D eigenvalue weighted by Crippen LogP contribution is -2.48. The summed E-state index contributed by atoms with van der Waals surface area (Å²) in [4.78, 5) is 9.13. The molecule has 1 saturated heterocycles. The second kappa shape index (κ2) is 10.2. The van der Waals surface area contributed by atoms with Crippen LogP contribution in [0.5, 0.6) is 5.88 Å². The van der Waals surface area contributed by atoms with E-state index in [1.54, 1.807) is 18.5 Å². The van der Waals surface area contributed by atoms with Crippen LogP contribution >= 0.6 is 0 Å². The molecule has 0 amide bonds. The fourth-order valence-corrected chi connectivity index (χ4v) is 5.45. The summed E-state index contributed by atoms with van der Waals surface area (Å²) in [7, 11) is -1.81. The summed E-state index contributed by atoms with van der Waals surface area (Å²) < 4.78 is 35.3. The Morgan fingerprint density at radius 3 is 2.57 bits per heavy atom. The highest BCUT2D eigenvalue weighted by Crippen LogP contribution is 2.34. The van der Waals surface area contributed by atoms with Crippen LogP contribution in [0, 0.1) is 0 Å². The molecular formula is C25H31N7O4S. The molecule has 196 valence electrons. The Hall–Kier alpha value is -3.35. The van der Waals surface area contributed by atoms with Gasteiger partial charge in [0, 0.05) is 61.2 Å². The highest BCUT2D eigenvalue weighted by atomic mass is 32.2. The maximum atomic E-state index is 12.0. The average Bonchev–Trinajstić information content (AvgIpc) is 3.52. The van der Waals surface area contributed by atoms with Crippen molar-refractivity contribution in [1.82, 2.24) is 35.2 Å². The van der Waals surface area contributed by atoms with Crippen LogP contribution in [0.2, 0.25) is 0 Å². The van der Waals surface area contributed by atoms with Crippen LogP contribution in [0.3, 0.4) is 0 Å². The van der Waals surface area contributed by atoms with E-state index in [4.69, 9.17) is 9.15 Å². The number of nitrogens with zero attached hydrogens (tertiary/aromatic N) is 6. The number of hydrogen-bond donors (Lipinski definition) is 1. The Bertz CT molecular complexity index is 1500. The predicted octanol–water partition coefficient (Wildman–Crippen LogP) is 2.75. The smallest absolute Gasteiger partial charge is 0.248 e. The summed E-state index contributed by atoms with van der Waals surface area (Å²) in [6, 6.07) is 6.20. The number of pyridine rings is 1. The molecular weight excluding hydrogens is 494 g/mol. The van der Waals surface area contributed by atoms with E-state index in [2.05, 4.69) is 49.0 Å². The van der Waals surface area contributed by atoms with Crippen molar-refractivity contribution in [3.8, 4) is 28.5 Å². The quantitative estimate of drug-likeness (QED) is 0.366. The Morgan fingerprint density at radius 2 is 1.86 bits per heavy atom. The first kappa shape index (κ1) is 25.3. The first-order valence-corrected chi connectivity index (χ1v) is 14.2. The Balaban J connectivity index is 1.44. The molecule has 4 aromatic rings. The summed E-state index contributed by atoms with van der Waals surface area (Å²) >= 11 is 0. The van der Waals surface area contributed by atoms with E-state index < -0.39 is 9.84 Å². The van der Waals surface area contributed by atoms with Crippen molar-refractivity contribution in [3.05, 3.63) is 42.0 Å². The van der Waals surface area contributed by atoms with Crippen molar-refractivity contribution in [2.24, 2.45) is 0 Å². The lowest BCUT2D eigenvalue weighted by atomic mass is 10.0. The number of ether oxygens (including phenoxy) is 1. The summed E-state index contributed by atoms with van der Waals surface area (Å²) in [5.74, 6) is 1.08. The van der Waals surface area contributed by atoms with E-state index in [-0.39, 0.29) is 11.6 Å². The molecule has 0 spiro atoms. The van der Waals surface area contributed by atoms with Gasteiger partial charge in [-0.3, -0.25) is 14.9 Å². The molecule has 1 N–H and O–H groups in total. The van der Waals surface area contributed by atoms with Gasteiger partial charge in [0.15, 0.2) is 9.84 Å². The molecule has 1 aromatic carbocycles. The molecule has 1 fully saturated rings. The van der Waals surface area contributed by atoms with E-state index in [1.807, 2.05) is 12.1 Å². The van der Waals surface area contributed by atoms with Crippen molar-refractivity contribution < 1.29 is 17.6 Å². The Labute approximate surface area is 215 Å². The molecule has 0 aliphatic carbocycles. The molecule has 4 heterocycles. The number of sulfone groups is 1. The number of rotatable bonds is 8. The minimum absolute atomic E-state index is 0.172. The number of aromatic amines is 1. The van der Waals surface area contributed by atoms with Gasteiger partial charge in [0.1, 0.15) is 0 Å². The lowest BCUT2D eigenvalue weighted by molar-refractivity contribution is 0.0979. The molecule has 0 radical (unpaired) electrons. The van der Waals surface area contributed by atoms with Gasteiger partial charge < -0.3 is 9.15 Å². The SMILES string of the molecule is COc1ncc(-c2cc(-c3nnc(CN4CCN(C(C)C)CC4)o3)c3cn[nH]c3c2)cc1CS(C)(=O)=O. The zero-order chi connectivity index (χ0) is 26.2. The van der Waals surface area contributed by atoms with Gasteiger partial charge in [0.2, 0.25) is 17.7 Å². The van der Waals surface area contributed by atoms with Gasteiger partial charge in [-0.25, -0.2) is 13.4 Å². The molecule has 0 bridgehead atoms. The first-order valence-electron chi connectivity index (χ1n) is 12.2. The third-order valence-electron chi connectivity index (χ3n) is 6.62. The number of methoxy groups -OCH3 is 1. The molecule has 37 heavy (non-hydrogen) atoms. The Kier molecular flexibility index (Phi) is 6.97. The van der Waals surface area contributed by atoms with Crippen LogP contribution in [0.1, 0.15) is 25.3 Å². The minimum atomic E-state index is -3.28. The molecule has 12 heteroatoms. The summed E-state index contributed by atoms with van der Waals surface area (Å²) in [5.41, 5.74) is 3.57. The molecule has 0 unspecified atom stereocenters. The lowest BCUT2D eigenvalue weighted by Gasteiger charge is -2.36. The van der Waals surface area contributed by atoms with Gasteiger partial charge >= 0.3 is 0 Å². The van der Waals surface area contributed by atoms with E-state index in [1.165, 1.54) is 13.4 Å². The van der Waals surface area contributed by atoms with E-state index >= 15 is 0 Å². The van der Waals surface area contributed by atoms with E-state index in [9.17, 15) is 8.42 Å². The van der Waals surface area contributed by atoms with Gasteiger partial charge in [0.25, 0.3) is 0 Å². The van der Waals surface area contributed by atoms with Gasteiger partial charge in [0.05, 0.1) is 36.7 Å². The van der Waals surface area contributed by atoms with Gasteiger partial charge in [-0.05, 0) is 37.6 Å². The number of benzene rings is 1. The topological polar surface area (TPSA) is 130 Å². The van der Waals surface area contributed by atoms with Crippen LogP contribution in [-0.4, -0.2) is 89.2 Å². The van der Waals surface area contributed by atoms with Crippen LogP contribution in [-0.2, 0) is 22.1 Å². The Morgan fingerprint density at radius 1 is 1.08 bits per heavy atom. The first-order chi connectivity index (χ1) is 17.7. The zero-order valence-electron chi connectivity index (χ0n) is 21.4. The van der Waals surface area contributed by atoms with E-state index in [0.29, 0.717) is 29.9 Å². The molecule has 1 aliphatic rings. The maximum absolute atomic E-state index is 12.0. The zero-order valence-corrected chi connectivity index (χ0v) is 22.2. The van der Waals surface area contributed by atoms with Crippen molar-refractivity contribution in [1.29, 1.82) is 0 Å². The average molecular weight is 526 g/mol. The van der Waals surface area contributed by atoms with Crippen molar-refractivity contribution in [2.75, 3.05) is 39.5 Å². The molecule has 0 saturated carbocycles. The van der Waals surface area contributed by atoms with Gasteiger partial charge in [-0.15, -0.1) is 10.2 Å². The monoisotopic (exact) mass is 525 g/mol. The van der Waals surface area contributed by atoms with Crippen molar-refractivity contribution in [2.45, 2.75) is 32.2 Å². The third kappa shape index (κ3) is 5.65. The van der Waals surface area contributed by atoms with Gasteiger partial charge in [-0.2, -0.15) is 5.10 Å². The summed E-state index contributed by atoms with van der Waals surface area (Å²) in [6.45, 7) is 9.00. The van der Waals surface area contributed by atoms with Crippen LogP contribution in [0.25, 0.3) is 33.5 Å². The molecule has 3 aromatic heterocycles. The fraction of sp³-hybridized carbons (Fsp3) is 0.440. The number of nitrogens with one attached hydrogen (secondary N) is 1. The van der Waals surface area contributed by atoms with Crippen LogP contribution < -0.4 is 4.74 Å². The van der Waals surface area contributed by atoms with Crippen LogP contribution in [0.15, 0.2) is 35.0 Å². The summed E-state index contributed by atoms with van der Waals surface area (Å²) in [6.07, 6.45) is 4.57. The summed E-state index contributed by atoms with van der Waals surface area (Å²) in [5, 5.41) is 16.7. The highest BCUT2D eigenvalue weighted by molar-refractivity contribution is 7.89. The number of piperazine rings is 1. The van der Waals surface area contributed by atoms with Crippen LogP contribution in [0.4, 0.5) is 0 Å². The highest BCUT2D eigenvalue weighted by Gasteiger charge is 2.22. The van der Waals surface area contributed by atoms with Gasteiger partial charge in [-0.1, -0.05) is 0 Å². The number of aromatic nitrogens is 5. The van der Waals surface area contributed by atoms with Crippen molar-refractivity contribution in [3.63, 3.8) is 0 Å². The fourth-order valence-electron chi connectivity index (χ4n) is 4.68. The van der Waals surface area contributed by atoms with Crippen molar-refractivity contribution >= 4 is 20.7 Å². The molecule has 1 aliphatic heterocycles.